The van der Waals surface area contributed by atoms with E-state index in [9.17, 15) is 8.42 Å². The molecule has 0 saturated carbocycles. The van der Waals surface area contributed by atoms with Crippen LogP contribution in [-0.2, 0) is 9.84 Å². The van der Waals surface area contributed by atoms with E-state index in [-0.39, 0.29) is 11.8 Å². The van der Waals surface area contributed by atoms with Crippen LogP contribution in [0.5, 0.6) is 0 Å². The fourth-order valence-electron chi connectivity index (χ4n) is 3.06. The van der Waals surface area contributed by atoms with Crippen molar-refractivity contribution >= 4 is 9.84 Å². The van der Waals surface area contributed by atoms with Gasteiger partial charge >= 0.3 is 0 Å². The van der Waals surface area contributed by atoms with Gasteiger partial charge in [-0.2, -0.15) is 0 Å². The van der Waals surface area contributed by atoms with E-state index in [0.29, 0.717) is 18.0 Å². The summed E-state index contributed by atoms with van der Waals surface area (Å²) >= 11 is 0. The number of nitrogens with one attached hydrogen (secondary N) is 1. The Hall–Kier alpha value is -0.390. The molecule has 1 N–H and O–H groups in total. The number of piperazine rings is 1. The molecule has 110 valence electrons. The van der Waals surface area contributed by atoms with Crippen LogP contribution >= 0.6 is 0 Å². The van der Waals surface area contributed by atoms with Crippen molar-refractivity contribution in [1.82, 2.24) is 10.2 Å². The molecule has 0 aromatic rings. The third kappa shape index (κ3) is 3.38. The lowest BCUT2D eigenvalue weighted by Gasteiger charge is -2.44. The summed E-state index contributed by atoms with van der Waals surface area (Å²) in [6, 6.07) is 0.997. The summed E-state index contributed by atoms with van der Waals surface area (Å²) in [6.45, 7) is 8.58. The Morgan fingerprint density at radius 1 is 1.42 bits per heavy atom. The van der Waals surface area contributed by atoms with Gasteiger partial charge in [-0.15, -0.1) is 0 Å². The second-order valence-corrected chi connectivity index (χ2v) is 7.82. The highest BCUT2D eigenvalue weighted by Gasteiger charge is 2.36. The maximum Gasteiger partial charge on any atom is 0.173 e. The van der Waals surface area contributed by atoms with Crippen molar-refractivity contribution in [3.63, 3.8) is 0 Å². The second kappa shape index (κ2) is 5.94. The van der Waals surface area contributed by atoms with Crippen LogP contribution in [0.4, 0.5) is 0 Å². The predicted molar refractivity (Wildman–Crippen MR) is 78.7 cm³/mol. The molecule has 0 aromatic heterocycles. The van der Waals surface area contributed by atoms with Crippen LogP contribution in [0.25, 0.3) is 0 Å². The van der Waals surface area contributed by atoms with Gasteiger partial charge in [0.2, 0.25) is 0 Å². The quantitative estimate of drug-likeness (QED) is 0.848. The average molecular weight is 286 g/mol. The smallest absolute Gasteiger partial charge is 0.173 e. The van der Waals surface area contributed by atoms with Crippen LogP contribution in [0.1, 0.15) is 33.6 Å². The summed E-state index contributed by atoms with van der Waals surface area (Å²) < 4.78 is 23.2. The molecule has 0 radical (unpaired) electrons. The number of hydrogen-bond acceptors (Lipinski definition) is 4. The van der Waals surface area contributed by atoms with Crippen LogP contribution in [0.3, 0.4) is 0 Å². The maximum absolute atomic E-state index is 11.6. The number of rotatable bonds is 4. The van der Waals surface area contributed by atoms with E-state index >= 15 is 0 Å². The van der Waals surface area contributed by atoms with E-state index < -0.39 is 9.84 Å². The molecule has 0 amide bonds. The van der Waals surface area contributed by atoms with E-state index in [4.69, 9.17) is 0 Å². The first-order valence-corrected chi connectivity index (χ1v) is 9.08. The van der Waals surface area contributed by atoms with Crippen LogP contribution in [0, 0.1) is 5.92 Å². The predicted octanol–water partition coefficient (Wildman–Crippen LogP) is 1.40. The summed E-state index contributed by atoms with van der Waals surface area (Å²) in [5, 5.41) is 5.02. The van der Waals surface area contributed by atoms with E-state index in [2.05, 4.69) is 31.0 Å². The topological polar surface area (TPSA) is 49.4 Å². The Bertz CT molecular complexity index is 433. The Kier molecular flexibility index (Phi) is 4.69. The molecule has 2 aliphatic rings. The molecule has 4 nitrogen and oxygen atoms in total. The third-order valence-corrected chi connectivity index (χ3v) is 6.01. The highest BCUT2D eigenvalue weighted by molar-refractivity contribution is 7.94. The number of hydrogen-bond donors (Lipinski definition) is 1. The van der Waals surface area contributed by atoms with E-state index in [1.807, 2.05) is 6.08 Å². The minimum Gasteiger partial charge on any atom is -0.311 e. The zero-order valence-corrected chi connectivity index (χ0v) is 13.0. The largest absolute Gasteiger partial charge is 0.311 e. The lowest BCUT2D eigenvalue weighted by Crippen LogP contribution is -2.61. The van der Waals surface area contributed by atoms with Gasteiger partial charge in [-0.3, -0.25) is 4.90 Å². The molecule has 0 aromatic carbocycles. The van der Waals surface area contributed by atoms with Gasteiger partial charge in [0, 0.05) is 36.6 Å². The summed E-state index contributed by atoms with van der Waals surface area (Å²) in [5.74, 6) is 0.888. The van der Waals surface area contributed by atoms with Gasteiger partial charge in [-0.05, 0) is 12.3 Å². The highest BCUT2D eigenvalue weighted by Crippen LogP contribution is 2.23. The van der Waals surface area contributed by atoms with Crippen molar-refractivity contribution in [2.24, 2.45) is 5.92 Å². The van der Waals surface area contributed by atoms with Crippen LogP contribution in [0.2, 0.25) is 0 Å². The molecule has 0 spiro atoms. The zero-order chi connectivity index (χ0) is 14.0. The minimum atomic E-state index is -2.96. The van der Waals surface area contributed by atoms with Gasteiger partial charge in [-0.1, -0.05) is 33.3 Å². The Balaban J connectivity index is 2.09. The SMILES string of the molecule is CCC(C)C1CN(C2C=CS(=O)(=O)C2)C(CC)CN1. The summed E-state index contributed by atoms with van der Waals surface area (Å²) in [4.78, 5) is 2.40. The van der Waals surface area contributed by atoms with Crippen molar-refractivity contribution in [3.05, 3.63) is 11.5 Å². The zero-order valence-electron chi connectivity index (χ0n) is 12.2. The third-order valence-electron chi connectivity index (χ3n) is 4.63. The molecule has 1 fully saturated rings. The highest BCUT2D eigenvalue weighted by atomic mass is 32.2. The lowest BCUT2D eigenvalue weighted by atomic mass is 9.94. The summed E-state index contributed by atoms with van der Waals surface area (Å²) in [5.41, 5.74) is 0. The summed E-state index contributed by atoms with van der Waals surface area (Å²) in [6.07, 6.45) is 4.09. The van der Waals surface area contributed by atoms with Crippen molar-refractivity contribution in [2.45, 2.75) is 51.7 Å². The fraction of sp³-hybridized carbons (Fsp3) is 0.857. The Labute approximate surface area is 117 Å². The van der Waals surface area contributed by atoms with Crippen molar-refractivity contribution < 1.29 is 8.42 Å². The first-order valence-electron chi connectivity index (χ1n) is 7.37. The fourth-order valence-corrected chi connectivity index (χ4v) is 4.37. The molecule has 0 bridgehead atoms. The molecule has 2 rings (SSSR count). The van der Waals surface area contributed by atoms with E-state index in [1.165, 1.54) is 5.41 Å². The van der Waals surface area contributed by atoms with Gasteiger partial charge in [0.05, 0.1) is 5.75 Å². The Morgan fingerprint density at radius 2 is 2.16 bits per heavy atom. The second-order valence-electron chi connectivity index (χ2n) is 5.88. The average Bonchev–Trinajstić information content (AvgIpc) is 2.77. The van der Waals surface area contributed by atoms with Gasteiger partial charge in [0.15, 0.2) is 9.84 Å². The van der Waals surface area contributed by atoms with Crippen molar-refractivity contribution in [3.8, 4) is 0 Å². The van der Waals surface area contributed by atoms with Crippen LogP contribution in [0.15, 0.2) is 11.5 Å². The van der Waals surface area contributed by atoms with Gasteiger partial charge in [0.1, 0.15) is 0 Å². The van der Waals surface area contributed by atoms with Crippen LogP contribution < -0.4 is 5.32 Å². The molecular weight excluding hydrogens is 260 g/mol. The van der Waals surface area contributed by atoms with Crippen LogP contribution in [-0.4, -0.2) is 50.3 Å². The van der Waals surface area contributed by atoms with E-state index in [0.717, 1.165) is 25.9 Å². The molecule has 2 heterocycles. The molecule has 1 saturated heterocycles. The number of sulfone groups is 1. The molecule has 0 aliphatic carbocycles. The minimum absolute atomic E-state index is 0.0728. The Morgan fingerprint density at radius 3 is 2.68 bits per heavy atom. The standard InChI is InChI=1S/C14H26N2O2S/c1-4-11(3)14-9-16(12(5-2)8-15-14)13-6-7-19(17,18)10-13/h6-7,11-15H,4-5,8-10H2,1-3H3. The molecule has 5 heteroatoms. The molecular formula is C14H26N2O2S. The van der Waals surface area contributed by atoms with Crippen molar-refractivity contribution in [2.75, 3.05) is 18.8 Å². The van der Waals surface area contributed by atoms with E-state index in [1.54, 1.807) is 0 Å². The number of nitrogens with zero attached hydrogens (tertiary/aromatic N) is 1. The normalized spacial score (nSPS) is 36.5. The van der Waals surface area contributed by atoms with Gasteiger partial charge in [0.25, 0.3) is 0 Å². The molecule has 4 atom stereocenters. The lowest BCUT2D eigenvalue weighted by molar-refractivity contribution is 0.0896. The van der Waals surface area contributed by atoms with Gasteiger partial charge < -0.3 is 5.32 Å². The molecule has 4 unspecified atom stereocenters. The molecule has 2 aliphatic heterocycles. The maximum atomic E-state index is 11.6. The monoisotopic (exact) mass is 286 g/mol. The van der Waals surface area contributed by atoms with Gasteiger partial charge in [-0.25, -0.2) is 8.42 Å². The first-order chi connectivity index (χ1) is 8.96. The summed E-state index contributed by atoms with van der Waals surface area (Å²) in [7, 11) is -2.96. The van der Waals surface area contributed by atoms with Crippen molar-refractivity contribution in [1.29, 1.82) is 0 Å². The first kappa shape index (κ1) is 15.0. The molecule has 19 heavy (non-hydrogen) atoms.